The maximum atomic E-state index is 12.7. The van der Waals surface area contributed by atoms with Gasteiger partial charge in [0.2, 0.25) is 11.7 Å². The van der Waals surface area contributed by atoms with E-state index in [1.807, 2.05) is 31.2 Å². The first-order valence-corrected chi connectivity index (χ1v) is 9.49. The Morgan fingerprint density at radius 2 is 1.93 bits per heavy atom. The van der Waals surface area contributed by atoms with Crippen LogP contribution >= 0.6 is 0 Å². The average molecular weight is 404 g/mol. The summed E-state index contributed by atoms with van der Waals surface area (Å²) in [6, 6.07) is 14.6. The zero-order valence-corrected chi connectivity index (χ0v) is 16.5. The summed E-state index contributed by atoms with van der Waals surface area (Å²) < 4.78 is 5.55. The first-order chi connectivity index (χ1) is 14.6. The van der Waals surface area contributed by atoms with E-state index in [2.05, 4.69) is 31.3 Å². The number of carbonyl (C=O) groups is 2. The van der Waals surface area contributed by atoms with Gasteiger partial charge in [-0.05, 0) is 54.5 Å². The van der Waals surface area contributed by atoms with Gasteiger partial charge in [0.25, 0.3) is 0 Å². The lowest BCUT2D eigenvalue weighted by atomic mass is 10.0. The Labute approximate surface area is 172 Å². The Morgan fingerprint density at radius 1 is 1.17 bits per heavy atom. The average Bonchev–Trinajstić information content (AvgIpc) is 3.39. The number of hydrogen-bond acceptors (Lipinski definition) is 7. The fourth-order valence-electron chi connectivity index (χ4n) is 3.30. The number of benzene rings is 2. The van der Waals surface area contributed by atoms with Crippen LogP contribution in [0, 0.1) is 0 Å². The number of amides is 1. The third kappa shape index (κ3) is 3.77. The number of fused-ring (bicyclic) bond motifs is 1. The second-order valence-electron chi connectivity index (χ2n) is 6.76. The van der Waals surface area contributed by atoms with Crippen molar-refractivity contribution in [3.05, 3.63) is 65.6 Å². The number of H-pyrrole nitrogens is 1. The molecule has 152 valence electrons. The molecule has 0 bridgehead atoms. The van der Waals surface area contributed by atoms with Gasteiger partial charge in [-0.2, -0.15) is 5.21 Å². The monoisotopic (exact) mass is 404 g/mol. The molecule has 1 aliphatic rings. The number of nitrogens with one attached hydrogen (secondary N) is 3. The molecule has 0 saturated heterocycles. The van der Waals surface area contributed by atoms with Crippen LogP contribution < -0.4 is 10.6 Å². The van der Waals surface area contributed by atoms with E-state index in [0.29, 0.717) is 29.3 Å². The third-order valence-corrected chi connectivity index (χ3v) is 4.84. The van der Waals surface area contributed by atoms with Gasteiger partial charge in [0.05, 0.1) is 5.70 Å². The summed E-state index contributed by atoms with van der Waals surface area (Å²) in [5.41, 5.74) is 3.65. The number of carbonyl (C=O) groups excluding carboxylic acids is 2. The lowest BCUT2D eigenvalue weighted by Gasteiger charge is -2.15. The van der Waals surface area contributed by atoms with Crippen LogP contribution in [0.5, 0.6) is 0 Å². The highest BCUT2D eigenvalue weighted by molar-refractivity contribution is 6.15. The standard InChI is InChI=1S/C21H20N6O3/c1-3-16(22-14-10-8-13(9-11-14)19-24-26-27-25-19)12(2)30-21(29)18-15-6-4-5-7-17(15)23-20(18)28/h4-11,18,22H,3H2,1-2H3,(H,23,28)(H,24,25,26,27)/b16-12-. The predicted molar refractivity (Wildman–Crippen MR) is 110 cm³/mol. The predicted octanol–water partition coefficient (Wildman–Crippen LogP) is 3.20. The van der Waals surface area contributed by atoms with Gasteiger partial charge >= 0.3 is 5.97 Å². The van der Waals surface area contributed by atoms with E-state index in [1.165, 1.54) is 0 Å². The normalized spacial score (nSPS) is 15.8. The lowest BCUT2D eigenvalue weighted by Crippen LogP contribution is -2.23. The number of para-hydroxylation sites is 1. The number of hydrogen-bond donors (Lipinski definition) is 3. The van der Waals surface area contributed by atoms with Gasteiger partial charge in [0, 0.05) is 16.9 Å². The maximum absolute atomic E-state index is 12.7. The van der Waals surface area contributed by atoms with Crippen LogP contribution in [0.1, 0.15) is 31.7 Å². The van der Waals surface area contributed by atoms with Crippen molar-refractivity contribution in [2.45, 2.75) is 26.2 Å². The van der Waals surface area contributed by atoms with Crippen molar-refractivity contribution in [2.75, 3.05) is 10.6 Å². The van der Waals surface area contributed by atoms with Gasteiger partial charge in [-0.1, -0.05) is 25.1 Å². The number of ether oxygens (including phenoxy) is 1. The van der Waals surface area contributed by atoms with Crippen molar-refractivity contribution in [2.24, 2.45) is 0 Å². The molecule has 9 heteroatoms. The molecule has 1 aromatic heterocycles. The second-order valence-corrected chi connectivity index (χ2v) is 6.76. The van der Waals surface area contributed by atoms with E-state index in [1.54, 1.807) is 31.2 Å². The van der Waals surface area contributed by atoms with Gasteiger partial charge in [-0.25, -0.2) is 0 Å². The number of esters is 1. The Hall–Kier alpha value is -4.01. The number of rotatable bonds is 6. The van der Waals surface area contributed by atoms with E-state index < -0.39 is 11.9 Å². The molecule has 0 saturated carbocycles. The van der Waals surface area contributed by atoms with Crippen molar-refractivity contribution in [1.82, 2.24) is 20.6 Å². The molecule has 0 radical (unpaired) electrons. The Balaban J connectivity index is 1.48. The first-order valence-electron chi connectivity index (χ1n) is 9.49. The van der Waals surface area contributed by atoms with Gasteiger partial charge in [0.1, 0.15) is 5.76 Å². The summed E-state index contributed by atoms with van der Waals surface area (Å²) in [5, 5.41) is 19.8. The zero-order chi connectivity index (χ0) is 21.1. The molecule has 1 unspecified atom stereocenters. The van der Waals surface area contributed by atoms with Crippen LogP contribution in [0.25, 0.3) is 11.4 Å². The lowest BCUT2D eigenvalue weighted by molar-refractivity contribution is -0.143. The van der Waals surface area contributed by atoms with Crippen LogP contribution in [0.15, 0.2) is 60.0 Å². The topological polar surface area (TPSA) is 122 Å². The number of aromatic amines is 1. The number of nitrogens with zero attached hydrogens (tertiary/aromatic N) is 3. The summed E-state index contributed by atoms with van der Waals surface area (Å²) in [7, 11) is 0. The summed E-state index contributed by atoms with van der Waals surface area (Å²) in [6.07, 6.45) is 0.610. The summed E-state index contributed by atoms with van der Waals surface area (Å²) in [5.74, 6) is -1.02. The molecule has 1 atom stereocenters. The summed E-state index contributed by atoms with van der Waals surface area (Å²) in [4.78, 5) is 25.0. The second kappa shape index (κ2) is 8.16. The van der Waals surface area contributed by atoms with Crippen molar-refractivity contribution < 1.29 is 14.3 Å². The van der Waals surface area contributed by atoms with Crippen molar-refractivity contribution in [3.63, 3.8) is 0 Å². The van der Waals surface area contributed by atoms with Crippen LogP contribution in [0.3, 0.4) is 0 Å². The molecule has 0 spiro atoms. The molecule has 0 fully saturated rings. The third-order valence-electron chi connectivity index (χ3n) is 4.84. The fourth-order valence-corrected chi connectivity index (χ4v) is 3.30. The van der Waals surface area contributed by atoms with Gasteiger partial charge in [-0.15, -0.1) is 10.2 Å². The minimum atomic E-state index is -0.969. The smallest absolute Gasteiger partial charge is 0.328 e. The first kappa shape index (κ1) is 19.3. The number of tetrazole rings is 1. The fraction of sp³-hybridized carbons (Fsp3) is 0.190. The maximum Gasteiger partial charge on any atom is 0.328 e. The molecule has 2 aromatic carbocycles. The van der Waals surface area contributed by atoms with Crippen LogP contribution in [0.4, 0.5) is 11.4 Å². The van der Waals surface area contributed by atoms with Crippen molar-refractivity contribution >= 4 is 23.3 Å². The molecule has 30 heavy (non-hydrogen) atoms. The Kier molecular flexibility index (Phi) is 5.25. The highest BCUT2D eigenvalue weighted by Gasteiger charge is 2.37. The van der Waals surface area contributed by atoms with Crippen LogP contribution in [0.2, 0.25) is 0 Å². The highest BCUT2D eigenvalue weighted by atomic mass is 16.5. The molecule has 4 rings (SSSR count). The van der Waals surface area contributed by atoms with Gasteiger partial charge in [-0.3, -0.25) is 9.59 Å². The summed E-state index contributed by atoms with van der Waals surface area (Å²) in [6.45, 7) is 3.65. The van der Waals surface area contributed by atoms with Crippen LogP contribution in [-0.4, -0.2) is 32.5 Å². The van der Waals surface area contributed by atoms with E-state index >= 15 is 0 Å². The largest absolute Gasteiger partial charge is 0.429 e. The van der Waals surface area contributed by atoms with Crippen LogP contribution in [-0.2, 0) is 14.3 Å². The van der Waals surface area contributed by atoms with E-state index in [4.69, 9.17) is 4.74 Å². The Morgan fingerprint density at radius 3 is 2.63 bits per heavy atom. The minimum Gasteiger partial charge on any atom is -0.429 e. The van der Waals surface area contributed by atoms with E-state index in [-0.39, 0.29) is 5.91 Å². The number of allylic oxidation sites excluding steroid dienone is 2. The number of anilines is 2. The highest BCUT2D eigenvalue weighted by Crippen LogP contribution is 2.33. The molecule has 3 aromatic rings. The zero-order valence-electron chi connectivity index (χ0n) is 16.5. The molecular formula is C21H20N6O3. The molecule has 1 aliphatic heterocycles. The van der Waals surface area contributed by atoms with Gasteiger partial charge in [0.15, 0.2) is 5.92 Å². The van der Waals surface area contributed by atoms with Crippen molar-refractivity contribution in [3.8, 4) is 11.4 Å². The van der Waals surface area contributed by atoms with E-state index in [0.717, 1.165) is 16.9 Å². The Bertz CT molecular complexity index is 1110. The molecule has 2 heterocycles. The summed E-state index contributed by atoms with van der Waals surface area (Å²) >= 11 is 0. The van der Waals surface area contributed by atoms with Crippen molar-refractivity contribution in [1.29, 1.82) is 0 Å². The van der Waals surface area contributed by atoms with E-state index in [9.17, 15) is 9.59 Å². The molecular weight excluding hydrogens is 384 g/mol. The SMILES string of the molecule is CC/C(Nc1ccc(-c2nn[nH]n2)cc1)=C(\C)OC(=O)C1C(=O)Nc2ccccc21. The number of aromatic nitrogens is 4. The molecule has 9 nitrogen and oxygen atoms in total. The molecule has 0 aliphatic carbocycles. The molecule has 1 amide bonds. The molecule has 3 N–H and O–H groups in total. The quantitative estimate of drug-likeness (QED) is 0.328. The van der Waals surface area contributed by atoms with Gasteiger partial charge < -0.3 is 15.4 Å². The minimum absolute atomic E-state index is 0.378.